The zero-order chi connectivity index (χ0) is 18.6. The van der Waals surface area contributed by atoms with Gasteiger partial charge in [0.05, 0.1) is 5.75 Å². The minimum Gasteiger partial charge on any atom is -0.289 e. The third kappa shape index (κ3) is 4.37. The molecule has 3 aromatic carbocycles. The maximum absolute atomic E-state index is 12.3. The summed E-state index contributed by atoms with van der Waals surface area (Å²) in [5, 5.41) is 2.27. The molecule has 3 aromatic rings. The number of carbonyl (C=O) groups is 1. The fraction of sp³-hybridized carbons (Fsp3) is 0.0952. The summed E-state index contributed by atoms with van der Waals surface area (Å²) in [7, 11) is -3.32. The van der Waals surface area contributed by atoms with E-state index in [0.29, 0.717) is 11.3 Å². The molecule has 0 atom stereocenters. The first-order chi connectivity index (χ1) is 12.5. The van der Waals surface area contributed by atoms with Gasteiger partial charge in [-0.15, -0.1) is 0 Å². The first kappa shape index (κ1) is 17.9. The molecular formula is C21H19NO3S. The van der Waals surface area contributed by atoms with Crippen LogP contribution in [0.5, 0.6) is 0 Å². The number of carbonyl (C=O) groups excluding carboxylic acids is 1. The van der Waals surface area contributed by atoms with E-state index in [1.807, 2.05) is 42.5 Å². The van der Waals surface area contributed by atoms with Crippen molar-refractivity contribution in [3.05, 3.63) is 83.9 Å². The van der Waals surface area contributed by atoms with Crippen molar-refractivity contribution in [3.8, 4) is 0 Å². The lowest BCUT2D eigenvalue weighted by atomic mass is 10.1. The molecule has 0 aliphatic rings. The van der Waals surface area contributed by atoms with Crippen molar-refractivity contribution in [3.63, 3.8) is 0 Å². The Labute approximate surface area is 153 Å². The highest BCUT2D eigenvalue weighted by Crippen LogP contribution is 2.17. The molecule has 0 radical (unpaired) electrons. The van der Waals surface area contributed by atoms with E-state index in [1.54, 1.807) is 37.3 Å². The summed E-state index contributed by atoms with van der Waals surface area (Å²) in [6, 6.07) is 20.5. The van der Waals surface area contributed by atoms with E-state index < -0.39 is 10.0 Å². The van der Waals surface area contributed by atoms with Crippen LogP contribution in [-0.4, -0.2) is 20.0 Å². The molecule has 0 saturated carbocycles. The molecule has 0 bridgehead atoms. The normalized spacial score (nSPS) is 11.7. The van der Waals surface area contributed by atoms with E-state index >= 15 is 0 Å². The minimum atomic E-state index is -3.32. The summed E-state index contributed by atoms with van der Waals surface area (Å²) in [5.41, 5.74) is 1.90. The fourth-order valence-corrected chi connectivity index (χ4v) is 3.17. The molecule has 132 valence electrons. The minimum absolute atomic E-state index is 0.00216. The predicted octanol–water partition coefficient (Wildman–Crippen LogP) is 4.50. The van der Waals surface area contributed by atoms with Crippen LogP contribution in [0.2, 0.25) is 0 Å². The molecule has 5 heteroatoms. The molecule has 0 aliphatic heterocycles. The van der Waals surface area contributed by atoms with Gasteiger partial charge in [-0.2, -0.15) is 0 Å². The van der Waals surface area contributed by atoms with Crippen LogP contribution in [0.25, 0.3) is 16.8 Å². The molecule has 0 saturated heterocycles. The topological polar surface area (TPSA) is 63.2 Å². The Morgan fingerprint density at radius 3 is 2.35 bits per heavy atom. The molecule has 1 N–H and O–H groups in total. The van der Waals surface area contributed by atoms with Gasteiger partial charge in [-0.1, -0.05) is 42.5 Å². The number of rotatable bonds is 6. The SMILES string of the molecule is CCS(=O)(=O)Nc1ccc(C(=O)C=Cc2ccc3ccccc3c2)cc1. The monoisotopic (exact) mass is 365 g/mol. The van der Waals surface area contributed by atoms with Crippen LogP contribution in [0.15, 0.2) is 72.8 Å². The molecule has 0 aliphatic carbocycles. The quantitative estimate of drug-likeness (QED) is 0.517. The summed E-state index contributed by atoms with van der Waals surface area (Å²) in [4.78, 5) is 12.3. The molecule has 0 heterocycles. The van der Waals surface area contributed by atoms with Crippen LogP contribution >= 0.6 is 0 Å². The summed E-state index contributed by atoms with van der Waals surface area (Å²) in [5.74, 6) is -0.134. The van der Waals surface area contributed by atoms with E-state index in [9.17, 15) is 13.2 Å². The summed E-state index contributed by atoms with van der Waals surface area (Å²) in [6.07, 6.45) is 3.30. The smallest absolute Gasteiger partial charge is 0.232 e. The van der Waals surface area contributed by atoms with Crippen LogP contribution < -0.4 is 4.72 Å². The van der Waals surface area contributed by atoms with Crippen LogP contribution in [0, 0.1) is 0 Å². The predicted molar refractivity (Wildman–Crippen MR) is 107 cm³/mol. The molecule has 3 rings (SSSR count). The van der Waals surface area contributed by atoms with Crippen molar-refractivity contribution in [2.45, 2.75) is 6.92 Å². The van der Waals surface area contributed by atoms with Gasteiger partial charge in [-0.3, -0.25) is 9.52 Å². The first-order valence-electron chi connectivity index (χ1n) is 8.28. The molecule has 0 unspecified atom stereocenters. The number of hydrogen-bond acceptors (Lipinski definition) is 3. The Kier molecular flexibility index (Phi) is 5.19. The summed E-state index contributed by atoms with van der Waals surface area (Å²) in [6.45, 7) is 1.57. The van der Waals surface area contributed by atoms with E-state index in [4.69, 9.17) is 0 Å². The lowest BCUT2D eigenvalue weighted by molar-refractivity contribution is 0.104. The molecule has 0 amide bonds. The van der Waals surface area contributed by atoms with Crippen molar-refractivity contribution in [2.75, 3.05) is 10.5 Å². The van der Waals surface area contributed by atoms with E-state index in [1.165, 1.54) is 6.08 Å². The maximum Gasteiger partial charge on any atom is 0.232 e. The fourth-order valence-electron chi connectivity index (χ4n) is 2.53. The van der Waals surface area contributed by atoms with E-state index in [0.717, 1.165) is 16.3 Å². The van der Waals surface area contributed by atoms with Crippen LogP contribution in [-0.2, 0) is 10.0 Å². The lowest BCUT2D eigenvalue weighted by Gasteiger charge is -2.06. The van der Waals surface area contributed by atoms with Gasteiger partial charge < -0.3 is 0 Å². The van der Waals surface area contributed by atoms with Gasteiger partial charge in [0.15, 0.2) is 5.78 Å². The van der Waals surface area contributed by atoms with Gasteiger partial charge in [0.1, 0.15) is 0 Å². The molecule has 0 spiro atoms. The number of hydrogen-bond donors (Lipinski definition) is 1. The zero-order valence-corrected chi connectivity index (χ0v) is 15.2. The highest BCUT2D eigenvalue weighted by atomic mass is 32.2. The number of nitrogens with one attached hydrogen (secondary N) is 1. The number of anilines is 1. The van der Waals surface area contributed by atoms with Crippen molar-refractivity contribution in [1.29, 1.82) is 0 Å². The number of fused-ring (bicyclic) bond motifs is 1. The van der Waals surface area contributed by atoms with Gasteiger partial charge in [0.2, 0.25) is 10.0 Å². The van der Waals surface area contributed by atoms with Crippen molar-refractivity contribution >= 4 is 38.3 Å². The van der Waals surface area contributed by atoms with Gasteiger partial charge in [-0.05, 0) is 59.7 Å². The Morgan fingerprint density at radius 2 is 1.65 bits per heavy atom. The van der Waals surface area contributed by atoms with Gasteiger partial charge in [0.25, 0.3) is 0 Å². The molecule has 4 nitrogen and oxygen atoms in total. The Morgan fingerprint density at radius 1 is 0.962 bits per heavy atom. The Bertz CT molecular complexity index is 1070. The molecular weight excluding hydrogens is 346 g/mol. The third-order valence-electron chi connectivity index (χ3n) is 4.02. The van der Waals surface area contributed by atoms with Crippen molar-refractivity contribution in [2.24, 2.45) is 0 Å². The second kappa shape index (κ2) is 7.54. The first-order valence-corrected chi connectivity index (χ1v) is 9.94. The van der Waals surface area contributed by atoms with Crippen LogP contribution in [0.3, 0.4) is 0 Å². The average molecular weight is 365 g/mol. The summed E-state index contributed by atoms with van der Waals surface area (Å²) >= 11 is 0. The number of ketones is 1. The second-order valence-electron chi connectivity index (χ2n) is 5.89. The van der Waals surface area contributed by atoms with Crippen LogP contribution in [0.4, 0.5) is 5.69 Å². The van der Waals surface area contributed by atoms with Crippen molar-refractivity contribution in [1.82, 2.24) is 0 Å². The van der Waals surface area contributed by atoms with Crippen molar-refractivity contribution < 1.29 is 13.2 Å². The van der Waals surface area contributed by atoms with E-state index in [-0.39, 0.29) is 11.5 Å². The standard InChI is InChI=1S/C21H19NO3S/c1-2-26(24,25)22-20-12-10-18(11-13-20)21(23)14-8-16-7-9-17-5-3-4-6-19(17)15-16/h3-15,22H,2H2,1H3. The maximum atomic E-state index is 12.3. The number of sulfonamides is 1. The lowest BCUT2D eigenvalue weighted by Crippen LogP contribution is -2.14. The third-order valence-corrected chi connectivity index (χ3v) is 5.33. The van der Waals surface area contributed by atoms with Gasteiger partial charge in [0, 0.05) is 11.3 Å². The molecule has 0 fully saturated rings. The second-order valence-corrected chi connectivity index (χ2v) is 7.90. The average Bonchev–Trinajstić information content (AvgIpc) is 2.66. The largest absolute Gasteiger partial charge is 0.289 e. The Balaban J connectivity index is 1.73. The van der Waals surface area contributed by atoms with Crippen LogP contribution in [0.1, 0.15) is 22.8 Å². The highest BCUT2D eigenvalue weighted by molar-refractivity contribution is 7.92. The molecule has 0 aromatic heterocycles. The zero-order valence-electron chi connectivity index (χ0n) is 14.3. The van der Waals surface area contributed by atoms with Gasteiger partial charge >= 0.3 is 0 Å². The summed E-state index contributed by atoms with van der Waals surface area (Å²) < 4.78 is 25.6. The molecule has 26 heavy (non-hydrogen) atoms. The number of benzene rings is 3. The van der Waals surface area contributed by atoms with E-state index in [2.05, 4.69) is 4.72 Å². The number of allylic oxidation sites excluding steroid dienone is 1. The van der Waals surface area contributed by atoms with Gasteiger partial charge in [-0.25, -0.2) is 8.42 Å². The highest BCUT2D eigenvalue weighted by Gasteiger charge is 2.07. The Hall–Kier alpha value is -2.92.